The van der Waals surface area contributed by atoms with Crippen molar-refractivity contribution < 1.29 is 27.8 Å². The molecule has 5 rings (SSSR count). The number of nitrogens with one attached hydrogen (secondary N) is 3. The van der Waals surface area contributed by atoms with Gasteiger partial charge in [-0.15, -0.1) is 0 Å². The third-order valence-electron chi connectivity index (χ3n) is 10.00. The zero-order valence-electron chi connectivity index (χ0n) is 33.8. The van der Waals surface area contributed by atoms with E-state index in [0.717, 1.165) is 62.8 Å². The predicted octanol–water partition coefficient (Wildman–Crippen LogP) is 9.10. The number of likely N-dealkylation sites (tertiary alicyclic amines) is 1. The van der Waals surface area contributed by atoms with E-state index in [9.17, 15) is 18.4 Å². The molecule has 2 amide bonds. The maximum Gasteiger partial charge on any atom is 0.258 e. The summed E-state index contributed by atoms with van der Waals surface area (Å²) in [5.74, 6) is -0.294. The van der Waals surface area contributed by atoms with Crippen LogP contribution in [0.15, 0.2) is 86.7 Å². The average molecular weight is 959 g/mol. The average Bonchev–Trinajstić information content (AvgIpc) is 3.22. The number of methoxy groups -OCH3 is 2. The van der Waals surface area contributed by atoms with Crippen LogP contribution in [0.4, 0.5) is 8.78 Å². The van der Waals surface area contributed by atoms with Gasteiger partial charge in [0.1, 0.15) is 23.1 Å². The Morgan fingerprint density at radius 1 is 0.847 bits per heavy atom. The fraction of sp³-hybridized carbons (Fsp3) is 0.364. The molecule has 1 heterocycles. The van der Waals surface area contributed by atoms with Crippen LogP contribution in [-0.2, 0) is 25.7 Å². The summed E-state index contributed by atoms with van der Waals surface area (Å²) in [5.41, 5.74) is 8.97. The second-order valence-corrected chi connectivity index (χ2v) is 16.5. The van der Waals surface area contributed by atoms with Gasteiger partial charge < -0.3 is 25.4 Å². The number of amidine groups is 1. The number of rotatable bonds is 14. The monoisotopic (exact) mass is 956 g/mol. The van der Waals surface area contributed by atoms with Crippen molar-refractivity contribution >= 4 is 66.6 Å². The molecule has 0 aromatic heterocycles. The zero-order valence-corrected chi connectivity index (χ0v) is 37.8. The Kier molecular flexibility index (Phi) is 19.3. The van der Waals surface area contributed by atoms with Crippen molar-refractivity contribution in [3.05, 3.63) is 127 Å². The highest BCUT2D eigenvalue weighted by Gasteiger charge is 2.20. The molecule has 1 aliphatic heterocycles. The van der Waals surface area contributed by atoms with Crippen molar-refractivity contribution in [2.75, 3.05) is 40.1 Å². The molecule has 10 nitrogen and oxygen atoms in total. The maximum absolute atomic E-state index is 14.7. The molecule has 5 N–H and O–H groups in total. The maximum atomic E-state index is 14.7. The summed E-state index contributed by atoms with van der Waals surface area (Å²) in [5, 5.41) is 12.7. The van der Waals surface area contributed by atoms with Crippen LogP contribution < -0.4 is 25.8 Å². The van der Waals surface area contributed by atoms with Gasteiger partial charge in [-0.05, 0) is 136 Å². The molecular formula is C44H52Br2F2N6O4S. The molecule has 0 radical (unpaired) electrons. The number of piperidine rings is 1. The topological polar surface area (TPSA) is 142 Å². The molecule has 0 aliphatic carbocycles. The first-order valence-corrected chi connectivity index (χ1v) is 22.1. The SMILES string of the molecule is COc1ccc(Br)cc1CCc1c(F)cccc1C(=O)NC(=N)SC.COc1ccc(Br)cc1CCc1c(F)cccc1C(=O)NC(N)=NCCCN1CCCCC1C. The normalized spacial score (nSPS) is 14.2. The minimum Gasteiger partial charge on any atom is -0.496 e. The highest BCUT2D eigenvalue weighted by Crippen LogP contribution is 2.27. The van der Waals surface area contributed by atoms with Crippen LogP contribution in [0.3, 0.4) is 0 Å². The quantitative estimate of drug-likeness (QED) is 0.0562. The van der Waals surface area contributed by atoms with Crippen LogP contribution in [0.25, 0.3) is 0 Å². The number of benzene rings is 4. The van der Waals surface area contributed by atoms with E-state index in [2.05, 4.69) is 59.3 Å². The number of guanidine groups is 1. The molecular weight excluding hydrogens is 906 g/mol. The number of thioether (sulfide) groups is 1. The fourth-order valence-electron chi connectivity index (χ4n) is 6.86. The molecule has 0 saturated carbocycles. The molecule has 0 bridgehead atoms. The first-order valence-electron chi connectivity index (χ1n) is 19.3. The van der Waals surface area contributed by atoms with E-state index in [1.54, 1.807) is 32.6 Å². The summed E-state index contributed by atoms with van der Waals surface area (Å²) in [6, 6.07) is 20.8. The van der Waals surface area contributed by atoms with E-state index in [1.807, 2.05) is 36.4 Å². The van der Waals surface area contributed by atoms with Crippen molar-refractivity contribution in [2.24, 2.45) is 10.7 Å². The Morgan fingerprint density at radius 2 is 1.37 bits per heavy atom. The molecule has 1 aliphatic rings. The summed E-state index contributed by atoms with van der Waals surface area (Å²) >= 11 is 7.99. The summed E-state index contributed by atoms with van der Waals surface area (Å²) < 4.78 is 41.6. The summed E-state index contributed by atoms with van der Waals surface area (Å²) in [7, 11) is 3.19. The van der Waals surface area contributed by atoms with Crippen LogP contribution in [-0.4, -0.2) is 74.0 Å². The summed E-state index contributed by atoms with van der Waals surface area (Å²) in [6.45, 7) is 4.90. The lowest BCUT2D eigenvalue weighted by Crippen LogP contribution is -2.39. The Hall–Kier alpha value is -4.31. The number of carbonyl (C=O) groups is 2. The molecule has 0 spiro atoms. The third kappa shape index (κ3) is 14.4. The van der Waals surface area contributed by atoms with Gasteiger partial charge in [0, 0.05) is 50.3 Å². The van der Waals surface area contributed by atoms with Crippen molar-refractivity contribution in [2.45, 2.75) is 64.3 Å². The van der Waals surface area contributed by atoms with Crippen molar-refractivity contribution in [1.29, 1.82) is 5.41 Å². The third-order valence-corrected chi connectivity index (χ3v) is 11.5. The van der Waals surface area contributed by atoms with Crippen LogP contribution >= 0.6 is 43.6 Å². The smallest absolute Gasteiger partial charge is 0.258 e. The number of carbonyl (C=O) groups excluding carboxylic acids is 2. The van der Waals surface area contributed by atoms with Gasteiger partial charge in [-0.25, -0.2) is 8.78 Å². The number of amides is 2. The second kappa shape index (κ2) is 24.1. The number of ether oxygens (including phenoxy) is 2. The molecule has 1 fully saturated rings. The lowest BCUT2D eigenvalue weighted by atomic mass is 9.98. The van der Waals surface area contributed by atoms with Crippen molar-refractivity contribution in [1.82, 2.24) is 15.5 Å². The largest absolute Gasteiger partial charge is 0.496 e. The molecule has 4 aromatic carbocycles. The standard InChI is InChI=1S/C26H34BrFN4O2.C18H18BrFN2O2S/c1-18-7-3-4-15-32(18)16-6-14-30-26(29)31-25(33)22-8-5-9-23(28)21(22)12-10-19-17-20(27)11-13-24(19)34-2;1-24-16-9-7-12(19)10-11(16)6-8-13-14(4-3-5-15(13)20)17(23)22-18(21)25-2/h5,8-9,11,13,17-18H,3-4,6-7,10,12,14-16H2,1-2H3,(H3,29,30,31,33);3-5,7,9-10H,6,8H2,1-2H3,(H2,21,22,23). The molecule has 59 heavy (non-hydrogen) atoms. The van der Waals surface area contributed by atoms with E-state index < -0.39 is 23.4 Å². The van der Waals surface area contributed by atoms with E-state index in [-0.39, 0.29) is 22.3 Å². The number of halogens is 4. The van der Waals surface area contributed by atoms with Crippen molar-refractivity contribution in [3.63, 3.8) is 0 Å². The molecule has 1 atom stereocenters. The number of nitrogens with two attached hydrogens (primary N) is 1. The molecule has 1 unspecified atom stereocenters. The van der Waals surface area contributed by atoms with E-state index in [4.69, 9.17) is 20.6 Å². The number of hydrogen-bond acceptors (Lipinski definition) is 8. The molecule has 316 valence electrons. The van der Waals surface area contributed by atoms with E-state index in [0.29, 0.717) is 49.4 Å². The van der Waals surface area contributed by atoms with Gasteiger partial charge >= 0.3 is 0 Å². The van der Waals surface area contributed by atoms with Crippen LogP contribution in [0.5, 0.6) is 11.5 Å². The van der Waals surface area contributed by atoms with Gasteiger partial charge in [-0.2, -0.15) is 0 Å². The molecule has 1 saturated heterocycles. The van der Waals surface area contributed by atoms with Gasteiger partial charge in [-0.1, -0.05) is 62.2 Å². The van der Waals surface area contributed by atoms with Gasteiger partial charge in [0.05, 0.1) is 14.2 Å². The first-order chi connectivity index (χ1) is 28.3. The minimum atomic E-state index is -0.477. The number of aryl methyl sites for hydroxylation is 2. The van der Waals surface area contributed by atoms with E-state index in [1.165, 1.54) is 43.5 Å². The van der Waals surface area contributed by atoms with E-state index >= 15 is 0 Å². The molecule has 4 aromatic rings. The van der Waals surface area contributed by atoms with Gasteiger partial charge in [0.2, 0.25) is 0 Å². The number of hydrogen-bond donors (Lipinski definition) is 4. The first kappa shape index (κ1) is 47.4. The Balaban J connectivity index is 0.000000273. The van der Waals surface area contributed by atoms with Crippen LogP contribution in [0, 0.1) is 17.0 Å². The summed E-state index contributed by atoms with van der Waals surface area (Å²) in [6.07, 6.45) is 8.07. The minimum absolute atomic E-state index is 0.0221. The Labute approximate surface area is 366 Å². The lowest BCUT2D eigenvalue weighted by Gasteiger charge is -2.33. The van der Waals surface area contributed by atoms with Crippen molar-refractivity contribution in [3.8, 4) is 11.5 Å². The second-order valence-electron chi connectivity index (χ2n) is 13.9. The Bertz CT molecular complexity index is 2110. The number of aliphatic imine (C=N–C) groups is 1. The predicted molar refractivity (Wildman–Crippen MR) is 241 cm³/mol. The fourth-order valence-corrected chi connectivity index (χ4v) is 7.87. The Morgan fingerprint density at radius 3 is 1.86 bits per heavy atom. The molecule has 15 heteroatoms. The van der Waals surface area contributed by atoms with Crippen LogP contribution in [0.2, 0.25) is 0 Å². The number of nitrogens with zero attached hydrogens (tertiary/aromatic N) is 2. The van der Waals surface area contributed by atoms with Gasteiger partial charge in [-0.3, -0.25) is 25.3 Å². The zero-order chi connectivity index (χ0) is 42.9. The van der Waals surface area contributed by atoms with Gasteiger partial charge in [0.25, 0.3) is 11.8 Å². The highest BCUT2D eigenvalue weighted by molar-refractivity contribution is 9.10. The lowest BCUT2D eigenvalue weighted by molar-refractivity contribution is 0.0967. The van der Waals surface area contributed by atoms with Gasteiger partial charge in [0.15, 0.2) is 11.1 Å². The highest BCUT2D eigenvalue weighted by atomic mass is 79.9. The summed E-state index contributed by atoms with van der Waals surface area (Å²) in [4.78, 5) is 31.9. The van der Waals surface area contributed by atoms with Crippen LogP contribution in [0.1, 0.15) is 75.6 Å².